The van der Waals surface area contributed by atoms with Crippen molar-refractivity contribution in [3.8, 4) is 11.5 Å². The minimum atomic E-state index is -3.70. The molecule has 8 nitrogen and oxygen atoms in total. The van der Waals surface area contributed by atoms with E-state index in [9.17, 15) is 22.4 Å². The molecule has 2 fully saturated rings. The molecule has 0 saturated carbocycles. The van der Waals surface area contributed by atoms with Crippen molar-refractivity contribution in [1.82, 2.24) is 9.62 Å². The van der Waals surface area contributed by atoms with Crippen LogP contribution in [-0.4, -0.2) is 56.2 Å². The number of carbonyl (C=O) groups excluding carboxylic acids is 2. The number of benzene rings is 2. The fourth-order valence-electron chi connectivity index (χ4n) is 4.79. The average Bonchev–Trinajstić information content (AvgIpc) is 3.04. The highest BCUT2D eigenvalue weighted by atomic mass is 35.5. The van der Waals surface area contributed by atoms with Crippen molar-refractivity contribution in [2.45, 2.75) is 50.3 Å². The molecule has 2 aliphatic rings. The SMILES string of the molecule is CS(=O)(=O)NC(=O)Cc1cc(Cl)ccc1OCC(=O)N1C2CCC1CC(Oc1ccc(F)cc1)C2. The van der Waals surface area contributed by atoms with E-state index in [4.69, 9.17) is 21.1 Å². The summed E-state index contributed by atoms with van der Waals surface area (Å²) in [5.74, 6) is -0.327. The van der Waals surface area contributed by atoms with Gasteiger partial charge < -0.3 is 14.4 Å². The molecule has 2 bridgehead atoms. The number of fused-ring (bicyclic) bond motifs is 2. The van der Waals surface area contributed by atoms with Gasteiger partial charge in [-0.3, -0.25) is 14.3 Å². The van der Waals surface area contributed by atoms with Crippen molar-refractivity contribution in [1.29, 1.82) is 0 Å². The molecule has 1 N–H and O–H groups in total. The molecule has 2 aromatic carbocycles. The Balaban J connectivity index is 1.36. The Morgan fingerprint density at radius 1 is 1.11 bits per heavy atom. The van der Waals surface area contributed by atoms with Crippen LogP contribution in [0.2, 0.25) is 5.02 Å². The quantitative estimate of drug-likeness (QED) is 0.569. The highest BCUT2D eigenvalue weighted by molar-refractivity contribution is 7.89. The Labute approximate surface area is 208 Å². The summed E-state index contributed by atoms with van der Waals surface area (Å²) in [6.45, 7) is -0.223. The van der Waals surface area contributed by atoms with Gasteiger partial charge >= 0.3 is 0 Å². The Morgan fingerprint density at radius 3 is 2.40 bits per heavy atom. The number of sulfonamides is 1. The molecule has 0 spiro atoms. The van der Waals surface area contributed by atoms with E-state index in [1.807, 2.05) is 9.62 Å². The van der Waals surface area contributed by atoms with Crippen molar-refractivity contribution in [3.63, 3.8) is 0 Å². The summed E-state index contributed by atoms with van der Waals surface area (Å²) in [5, 5.41) is 0.354. The van der Waals surface area contributed by atoms with Crippen molar-refractivity contribution < 1.29 is 31.9 Å². The molecule has 2 aromatic rings. The average molecular weight is 525 g/mol. The van der Waals surface area contributed by atoms with Crippen molar-refractivity contribution in [2.24, 2.45) is 0 Å². The third kappa shape index (κ3) is 6.64. The molecule has 11 heteroatoms. The van der Waals surface area contributed by atoms with Crippen molar-refractivity contribution in [3.05, 3.63) is 58.9 Å². The number of nitrogens with one attached hydrogen (secondary N) is 1. The highest BCUT2D eigenvalue weighted by Crippen LogP contribution is 2.37. The zero-order valence-electron chi connectivity index (χ0n) is 19.1. The summed E-state index contributed by atoms with van der Waals surface area (Å²) in [7, 11) is -3.70. The fourth-order valence-corrected chi connectivity index (χ4v) is 5.47. The van der Waals surface area contributed by atoms with Crippen LogP contribution in [0.25, 0.3) is 0 Å². The molecular weight excluding hydrogens is 499 g/mol. The predicted octanol–water partition coefficient (Wildman–Crippen LogP) is 3.08. The largest absolute Gasteiger partial charge is 0.490 e. The second kappa shape index (κ2) is 10.4. The van der Waals surface area contributed by atoms with Crippen LogP contribution in [-0.2, 0) is 26.0 Å². The third-order valence-electron chi connectivity index (χ3n) is 6.12. The Hall–Kier alpha value is -2.85. The number of piperidine rings is 1. The maximum absolute atomic E-state index is 13.1. The minimum absolute atomic E-state index is 0.0283. The van der Waals surface area contributed by atoms with Gasteiger partial charge in [0, 0.05) is 35.5 Å². The molecule has 0 radical (unpaired) electrons. The van der Waals surface area contributed by atoms with Crippen LogP contribution in [0.1, 0.15) is 31.2 Å². The van der Waals surface area contributed by atoms with E-state index < -0.39 is 15.9 Å². The molecule has 2 aliphatic heterocycles. The van der Waals surface area contributed by atoms with Gasteiger partial charge in [0.05, 0.1) is 12.7 Å². The maximum Gasteiger partial charge on any atom is 0.261 e. The van der Waals surface area contributed by atoms with Crippen LogP contribution in [0.3, 0.4) is 0 Å². The zero-order chi connectivity index (χ0) is 25.2. The lowest BCUT2D eigenvalue weighted by molar-refractivity contribution is -0.139. The van der Waals surface area contributed by atoms with Gasteiger partial charge in [-0.05, 0) is 55.3 Å². The lowest BCUT2D eigenvalue weighted by Crippen LogP contribution is -2.50. The van der Waals surface area contributed by atoms with E-state index in [1.165, 1.54) is 18.2 Å². The summed E-state index contributed by atoms with van der Waals surface area (Å²) in [4.78, 5) is 27.0. The number of rotatable bonds is 8. The number of halogens is 2. The van der Waals surface area contributed by atoms with Crippen LogP contribution >= 0.6 is 11.6 Å². The second-order valence-corrected chi connectivity index (χ2v) is 11.1. The molecule has 2 heterocycles. The van der Waals surface area contributed by atoms with E-state index in [2.05, 4.69) is 0 Å². The number of hydrogen-bond donors (Lipinski definition) is 1. The fraction of sp³-hybridized carbons (Fsp3) is 0.417. The Morgan fingerprint density at radius 2 is 1.77 bits per heavy atom. The summed E-state index contributed by atoms with van der Waals surface area (Å²) < 4.78 is 49.5. The maximum atomic E-state index is 13.1. The van der Waals surface area contributed by atoms with Gasteiger partial charge in [0.1, 0.15) is 23.4 Å². The number of ether oxygens (including phenoxy) is 2. The normalized spacial score (nSPS) is 21.5. The van der Waals surface area contributed by atoms with Crippen molar-refractivity contribution in [2.75, 3.05) is 12.9 Å². The molecule has 0 aliphatic carbocycles. The molecule has 2 unspecified atom stereocenters. The van der Waals surface area contributed by atoms with E-state index in [1.54, 1.807) is 24.3 Å². The van der Waals surface area contributed by atoms with Gasteiger partial charge in [0.2, 0.25) is 15.9 Å². The molecule has 2 atom stereocenters. The van der Waals surface area contributed by atoms with Gasteiger partial charge in [-0.15, -0.1) is 0 Å². The number of hydrogen-bond acceptors (Lipinski definition) is 6. The third-order valence-corrected chi connectivity index (χ3v) is 6.95. The molecule has 2 saturated heterocycles. The lowest BCUT2D eigenvalue weighted by Gasteiger charge is -2.38. The number of carbonyl (C=O) groups is 2. The van der Waals surface area contributed by atoms with Crippen LogP contribution in [0, 0.1) is 5.82 Å². The van der Waals surface area contributed by atoms with Crippen LogP contribution in [0.5, 0.6) is 11.5 Å². The monoisotopic (exact) mass is 524 g/mol. The molecule has 188 valence electrons. The van der Waals surface area contributed by atoms with E-state index in [-0.39, 0.29) is 48.7 Å². The number of nitrogens with zero attached hydrogens (tertiary/aromatic N) is 1. The summed E-state index contributed by atoms with van der Waals surface area (Å²) in [6, 6.07) is 10.6. The van der Waals surface area contributed by atoms with E-state index in [0.717, 1.165) is 19.1 Å². The van der Waals surface area contributed by atoms with Gasteiger partial charge in [-0.2, -0.15) is 0 Å². The first kappa shape index (κ1) is 25.2. The standard InChI is InChI=1S/C24H26ClFN2O6S/c1-35(31,32)27-23(29)11-15-10-16(25)2-9-22(15)33-14-24(30)28-18-5-6-19(28)13-21(12-18)34-20-7-3-17(26)4-8-20/h2-4,7-10,18-19,21H,5-6,11-14H2,1H3,(H,27,29). The minimum Gasteiger partial charge on any atom is -0.490 e. The van der Waals surface area contributed by atoms with Gasteiger partial charge in [0.25, 0.3) is 5.91 Å². The Kier molecular flexibility index (Phi) is 7.51. The van der Waals surface area contributed by atoms with E-state index in [0.29, 0.717) is 29.2 Å². The summed E-state index contributed by atoms with van der Waals surface area (Å²) >= 11 is 6.03. The lowest BCUT2D eigenvalue weighted by atomic mass is 9.99. The van der Waals surface area contributed by atoms with Gasteiger partial charge in [0.15, 0.2) is 6.61 Å². The van der Waals surface area contributed by atoms with Gasteiger partial charge in [-0.25, -0.2) is 12.8 Å². The first-order chi connectivity index (χ1) is 16.6. The summed E-state index contributed by atoms with van der Waals surface area (Å²) in [6.07, 6.45) is 3.67. The predicted molar refractivity (Wildman–Crippen MR) is 127 cm³/mol. The van der Waals surface area contributed by atoms with Crippen LogP contribution < -0.4 is 14.2 Å². The smallest absolute Gasteiger partial charge is 0.261 e. The van der Waals surface area contributed by atoms with E-state index >= 15 is 0 Å². The molecule has 4 rings (SSSR count). The first-order valence-electron chi connectivity index (χ1n) is 11.2. The second-order valence-electron chi connectivity index (χ2n) is 8.87. The molecule has 0 aromatic heterocycles. The molecule has 2 amide bonds. The topological polar surface area (TPSA) is 102 Å². The Bertz CT molecular complexity index is 1190. The van der Waals surface area contributed by atoms with Gasteiger partial charge in [-0.1, -0.05) is 11.6 Å². The van der Waals surface area contributed by atoms with Crippen LogP contribution in [0.4, 0.5) is 4.39 Å². The highest BCUT2D eigenvalue weighted by Gasteiger charge is 2.44. The number of amides is 2. The van der Waals surface area contributed by atoms with Crippen LogP contribution in [0.15, 0.2) is 42.5 Å². The molecular formula is C24H26ClFN2O6S. The molecule has 35 heavy (non-hydrogen) atoms. The van der Waals surface area contributed by atoms with Crippen molar-refractivity contribution >= 4 is 33.4 Å². The zero-order valence-corrected chi connectivity index (χ0v) is 20.6. The summed E-state index contributed by atoms with van der Waals surface area (Å²) in [5.41, 5.74) is 0.376. The first-order valence-corrected chi connectivity index (χ1v) is 13.5.